The van der Waals surface area contributed by atoms with Gasteiger partial charge in [0.05, 0.1) is 13.2 Å². The van der Waals surface area contributed by atoms with Crippen molar-refractivity contribution in [2.45, 2.75) is 26.2 Å². The second-order valence-electron chi connectivity index (χ2n) is 7.88. The topological polar surface area (TPSA) is 73.9 Å². The van der Waals surface area contributed by atoms with Crippen molar-refractivity contribution in [3.63, 3.8) is 0 Å². The first kappa shape index (κ1) is 21.6. The lowest BCUT2D eigenvalue weighted by Gasteiger charge is -2.32. The van der Waals surface area contributed by atoms with Crippen molar-refractivity contribution in [1.82, 2.24) is 20.4 Å². The second kappa shape index (κ2) is 11.2. The van der Waals surface area contributed by atoms with Crippen LogP contribution in [0.5, 0.6) is 0 Å². The smallest absolute Gasteiger partial charge is 0.317 e. The summed E-state index contributed by atoms with van der Waals surface area (Å²) < 4.78 is 5.34. The zero-order chi connectivity index (χ0) is 20.5. The van der Waals surface area contributed by atoms with Crippen LogP contribution in [0.25, 0.3) is 0 Å². The first-order chi connectivity index (χ1) is 14.2. The van der Waals surface area contributed by atoms with E-state index in [1.54, 1.807) is 0 Å². The summed E-state index contributed by atoms with van der Waals surface area (Å²) in [5.74, 6) is 0.578. The highest BCUT2D eigenvalue weighted by atomic mass is 16.5. The van der Waals surface area contributed by atoms with Crippen LogP contribution in [0.15, 0.2) is 24.3 Å². The summed E-state index contributed by atoms with van der Waals surface area (Å²) in [5, 5.41) is 5.88. The number of piperidine rings is 1. The lowest BCUT2D eigenvalue weighted by Crippen LogP contribution is -2.44. The standard InChI is InChI=1S/C22H34N4O3/c1-2-23-22(28)26-10-7-19(8-11-26)17-18-3-5-20(6-4-18)21(27)24-9-12-25-13-15-29-16-14-25/h3-6,19H,2,7-17H2,1H3,(H,23,28)(H,24,27). The Balaban J connectivity index is 1.38. The molecule has 7 heteroatoms. The third-order valence-electron chi connectivity index (χ3n) is 5.79. The summed E-state index contributed by atoms with van der Waals surface area (Å²) >= 11 is 0. The molecule has 0 radical (unpaired) electrons. The zero-order valence-electron chi connectivity index (χ0n) is 17.5. The van der Waals surface area contributed by atoms with Gasteiger partial charge >= 0.3 is 6.03 Å². The molecule has 0 spiro atoms. The first-order valence-electron chi connectivity index (χ1n) is 10.9. The van der Waals surface area contributed by atoms with Gasteiger partial charge in [-0.15, -0.1) is 0 Å². The van der Waals surface area contributed by atoms with Gasteiger partial charge in [0.2, 0.25) is 0 Å². The molecule has 0 aromatic heterocycles. The third-order valence-corrected chi connectivity index (χ3v) is 5.79. The van der Waals surface area contributed by atoms with E-state index in [2.05, 4.69) is 27.7 Å². The molecule has 3 rings (SSSR count). The minimum atomic E-state index is -0.0138. The number of hydrogen-bond donors (Lipinski definition) is 2. The number of benzene rings is 1. The Bertz CT molecular complexity index is 651. The van der Waals surface area contributed by atoms with Gasteiger partial charge in [0.1, 0.15) is 0 Å². The highest BCUT2D eigenvalue weighted by Crippen LogP contribution is 2.22. The van der Waals surface area contributed by atoms with Crippen LogP contribution in [0.2, 0.25) is 0 Å². The number of likely N-dealkylation sites (tertiary alicyclic amines) is 1. The SMILES string of the molecule is CCNC(=O)N1CCC(Cc2ccc(C(=O)NCCN3CCOCC3)cc2)CC1. The molecule has 2 N–H and O–H groups in total. The van der Waals surface area contributed by atoms with Crippen LogP contribution in [0.1, 0.15) is 35.7 Å². The Kier molecular flexibility index (Phi) is 8.31. The molecule has 160 valence electrons. The van der Waals surface area contributed by atoms with Crippen molar-refractivity contribution < 1.29 is 14.3 Å². The number of ether oxygens (including phenoxy) is 1. The number of carbonyl (C=O) groups is 2. The minimum absolute atomic E-state index is 0.0138. The average Bonchev–Trinajstić information content (AvgIpc) is 2.75. The summed E-state index contributed by atoms with van der Waals surface area (Å²) in [5.41, 5.74) is 1.97. The average molecular weight is 403 g/mol. The Labute approximate surface area is 173 Å². The zero-order valence-corrected chi connectivity index (χ0v) is 17.5. The fraction of sp³-hybridized carbons (Fsp3) is 0.636. The van der Waals surface area contributed by atoms with E-state index in [1.165, 1.54) is 5.56 Å². The third kappa shape index (κ3) is 6.72. The molecule has 2 fully saturated rings. The molecule has 0 aliphatic carbocycles. The van der Waals surface area contributed by atoms with E-state index in [0.29, 0.717) is 24.6 Å². The minimum Gasteiger partial charge on any atom is -0.379 e. The number of carbonyl (C=O) groups excluding carboxylic acids is 2. The number of urea groups is 1. The van der Waals surface area contributed by atoms with Crippen LogP contribution in [0.3, 0.4) is 0 Å². The molecular formula is C22H34N4O3. The molecule has 0 atom stereocenters. The fourth-order valence-electron chi connectivity index (χ4n) is 3.98. The summed E-state index contributed by atoms with van der Waals surface area (Å²) in [6.45, 7) is 9.21. The normalized spacial score (nSPS) is 18.4. The number of hydrogen-bond acceptors (Lipinski definition) is 4. The number of nitrogens with one attached hydrogen (secondary N) is 2. The van der Waals surface area contributed by atoms with Crippen LogP contribution in [-0.2, 0) is 11.2 Å². The summed E-state index contributed by atoms with van der Waals surface area (Å²) in [7, 11) is 0. The molecule has 0 unspecified atom stereocenters. The van der Waals surface area contributed by atoms with Crippen LogP contribution < -0.4 is 10.6 Å². The summed E-state index contributed by atoms with van der Waals surface area (Å²) in [4.78, 5) is 28.5. The first-order valence-corrected chi connectivity index (χ1v) is 10.9. The van der Waals surface area contributed by atoms with Crippen molar-refractivity contribution >= 4 is 11.9 Å². The Hall–Kier alpha value is -2.12. The van der Waals surface area contributed by atoms with Gasteiger partial charge in [0.15, 0.2) is 0 Å². The van der Waals surface area contributed by atoms with E-state index in [4.69, 9.17) is 4.74 Å². The highest BCUT2D eigenvalue weighted by molar-refractivity contribution is 5.94. The van der Waals surface area contributed by atoms with Crippen molar-refractivity contribution in [2.24, 2.45) is 5.92 Å². The van der Waals surface area contributed by atoms with Crippen LogP contribution >= 0.6 is 0 Å². The molecule has 2 saturated heterocycles. The number of amides is 3. The maximum absolute atomic E-state index is 12.3. The van der Waals surface area contributed by atoms with Crippen molar-refractivity contribution in [1.29, 1.82) is 0 Å². The molecular weight excluding hydrogens is 368 g/mol. The van der Waals surface area contributed by atoms with Gasteiger partial charge < -0.3 is 20.3 Å². The van der Waals surface area contributed by atoms with Gasteiger partial charge in [-0.2, -0.15) is 0 Å². The molecule has 2 aliphatic heterocycles. The lowest BCUT2D eigenvalue weighted by atomic mass is 9.90. The van der Waals surface area contributed by atoms with Gasteiger partial charge in [-0.25, -0.2) is 4.79 Å². The molecule has 7 nitrogen and oxygen atoms in total. The predicted molar refractivity (Wildman–Crippen MR) is 113 cm³/mol. The summed E-state index contributed by atoms with van der Waals surface area (Å²) in [6.07, 6.45) is 3.06. The molecule has 2 heterocycles. The maximum atomic E-state index is 12.3. The van der Waals surface area contributed by atoms with Crippen molar-refractivity contribution in [3.8, 4) is 0 Å². The maximum Gasteiger partial charge on any atom is 0.317 e. The molecule has 1 aromatic carbocycles. The molecule has 2 aliphatic rings. The van der Waals surface area contributed by atoms with Gasteiger partial charge in [0, 0.05) is 51.4 Å². The summed E-state index contributed by atoms with van der Waals surface area (Å²) in [6, 6.07) is 8.02. The van der Waals surface area contributed by atoms with Crippen molar-refractivity contribution in [3.05, 3.63) is 35.4 Å². The van der Waals surface area contributed by atoms with Gasteiger partial charge in [-0.3, -0.25) is 9.69 Å². The van der Waals surface area contributed by atoms with E-state index in [9.17, 15) is 9.59 Å². The van der Waals surface area contributed by atoms with Gasteiger partial charge in [-0.1, -0.05) is 12.1 Å². The fourth-order valence-corrected chi connectivity index (χ4v) is 3.98. The van der Waals surface area contributed by atoms with Crippen LogP contribution in [0, 0.1) is 5.92 Å². The second-order valence-corrected chi connectivity index (χ2v) is 7.88. The van der Waals surface area contributed by atoms with Gasteiger partial charge in [-0.05, 0) is 49.8 Å². The molecule has 3 amide bonds. The largest absolute Gasteiger partial charge is 0.379 e. The highest BCUT2D eigenvalue weighted by Gasteiger charge is 2.22. The molecule has 0 bridgehead atoms. The number of nitrogens with zero attached hydrogens (tertiary/aromatic N) is 2. The van der Waals surface area contributed by atoms with Crippen LogP contribution in [0.4, 0.5) is 4.79 Å². The Morgan fingerprint density at radius 2 is 1.72 bits per heavy atom. The van der Waals surface area contributed by atoms with E-state index in [-0.39, 0.29) is 11.9 Å². The van der Waals surface area contributed by atoms with E-state index < -0.39 is 0 Å². The predicted octanol–water partition coefficient (Wildman–Crippen LogP) is 1.73. The molecule has 29 heavy (non-hydrogen) atoms. The number of rotatable bonds is 7. The van der Waals surface area contributed by atoms with E-state index >= 15 is 0 Å². The van der Waals surface area contributed by atoms with Crippen LogP contribution in [-0.4, -0.2) is 80.8 Å². The Morgan fingerprint density at radius 3 is 2.38 bits per heavy atom. The van der Waals surface area contributed by atoms with E-state index in [0.717, 1.165) is 65.2 Å². The molecule has 0 saturated carbocycles. The number of morpholine rings is 1. The lowest BCUT2D eigenvalue weighted by molar-refractivity contribution is 0.0383. The monoisotopic (exact) mass is 402 g/mol. The van der Waals surface area contributed by atoms with Gasteiger partial charge in [0.25, 0.3) is 5.91 Å². The van der Waals surface area contributed by atoms with E-state index in [1.807, 2.05) is 24.0 Å². The quantitative estimate of drug-likeness (QED) is 0.729. The van der Waals surface area contributed by atoms with Crippen molar-refractivity contribution in [2.75, 3.05) is 59.0 Å². The Morgan fingerprint density at radius 1 is 1.03 bits per heavy atom. The molecule has 1 aromatic rings.